The topological polar surface area (TPSA) is 55.8 Å². The average molecular weight is 328 g/mol. The summed E-state index contributed by atoms with van der Waals surface area (Å²) in [7, 11) is 0. The van der Waals surface area contributed by atoms with Crippen LogP contribution >= 0.6 is 0 Å². The maximum absolute atomic E-state index is 11.8. The molecule has 4 heteroatoms. The highest BCUT2D eigenvalue weighted by molar-refractivity contribution is 5.77. The van der Waals surface area contributed by atoms with Gasteiger partial charge in [-0.3, -0.25) is 4.79 Å². The number of benzene rings is 2. The molecule has 0 spiro atoms. The van der Waals surface area contributed by atoms with E-state index in [2.05, 4.69) is 0 Å². The van der Waals surface area contributed by atoms with Crippen molar-refractivity contribution in [2.24, 2.45) is 0 Å². The van der Waals surface area contributed by atoms with Gasteiger partial charge in [-0.25, -0.2) is 0 Å². The second kappa shape index (κ2) is 8.39. The Labute approximate surface area is 143 Å². The molecule has 0 aliphatic heterocycles. The van der Waals surface area contributed by atoms with Crippen molar-refractivity contribution >= 4 is 5.97 Å². The fourth-order valence-electron chi connectivity index (χ4n) is 2.79. The predicted octanol–water partition coefficient (Wildman–Crippen LogP) is 4.20. The van der Waals surface area contributed by atoms with Gasteiger partial charge in [0.2, 0.25) is 0 Å². The minimum Gasteiger partial charge on any atom is -0.494 e. The smallest absolute Gasteiger partial charge is 0.311 e. The van der Waals surface area contributed by atoms with Crippen LogP contribution in [0, 0.1) is 6.92 Å². The minimum atomic E-state index is -0.830. The molecule has 0 radical (unpaired) electrons. The number of hydrogen-bond donors (Lipinski definition) is 1. The van der Waals surface area contributed by atoms with Crippen molar-refractivity contribution in [1.82, 2.24) is 0 Å². The first-order valence-electron chi connectivity index (χ1n) is 8.23. The number of hydrogen-bond acceptors (Lipinski definition) is 3. The average Bonchev–Trinajstić information content (AvgIpc) is 2.54. The Morgan fingerprint density at radius 3 is 2.29 bits per heavy atom. The highest BCUT2D eigenvalue weighted by atomic mass is 16.5. The van der Waals surface area contributed by atoms with Crippen LogP contribution in [0.25, 0.3) is 0 Å². The second-order valence-corrected chi connectivity index (χ2v) is 5.63. The van der Waals surface area contributed by atoms with Crippen molar-refractivity contribution in [2.75, 3.05) is 13.2 Å². The first-order valence-corrected chi connectivity index (χ1v) is 8.23. The summed E-state index contributed by atoms with van der Waals surface area (Å²) in [5.41, 5.74) is 2.68. The van der Waals surface area contributed by atoms with E-state index in [1.54, 1.807) is 0 Å². The highest BCUT2D eigenvalue weighted by Crippen LogP contribution is 2.28. The maximum Gasteiger partial charge on any atom is 0.311 e. The Bertz CT molecular complexity index is 694. The minimum absolute atomic E-state index is 0.422. The summed E-state index contributed by atoms with van der Waals surface area (Å²) < 4.78 is 11.0. The number of carboxylic acids is 1. The lowest BCUT2D eigenvalue weighted by atomic mass is 9.89. The molecule has 2 aromatic carbocycles. The Morgan fingerprint density at radius 1 is 1.04 bits per heavy atom. The normalized spacial score (nSPS) is 11.8. The zero-order valence-electron chi connectivity index (χ0n) is 14.4. The molecule has 1 unspecified atom stereocenters. The molecule has 24 heavy (non-hydrogen) atoms. The molecular formula is C20H24O4. The molecule has 1 N–H and O–H groups in total. The van der Waals surface area contributed by atoms with Gasteiger partial charge in [0.05, 0.1) is 19.1 Å². The molecule has 2 aromatic rings. The second-order valence-electron chi connectivity index (χ2n) is 5.63. The Morgan fingerprint density at radius 2 is 1.71 bits per heavy atom. The zero-order valence-corrected chi connectivity index (χ0v) is 14.4. The Hall–Kier alpha value is -2.49. The molecule has 1 atom stereocenters. The van der Waals surface area contributed by atoms with Crippen LogP contribution in [-0.4, -0.2) is 24.3 Å². The van der Waals surface area contributed by atoms with E-state index in [9.17, 15) is 9.90 Å². The molecule has 0 aliphatic carbocycles. The van der Waals surface area contributed by atoms with Crippen molar-refractivity contribution in [2.45, 2.75) is 33.1 Å². The number of aryl methyl sites for hydroxylation is 1. The maximum atomic E-state index is 11.8. The highest BCUT2D eigenvalue weighted by Gasteiger charge is 2.22. The lowest BCUT2D eigenvalue weighted by Crippen LogP contribution is -2.16. The number of aliphatic carboxylic acids is 1. The number of rotatable bonds is 8. The number of carbonyl (C=O) groups is 1. The molecule has 0 aliphatic rings. The van der Waals surface area contributed by atoms with Gasteiger partial charge in [0.15, 0.2) is 0 Å². The van der Waals surface area contributed by atoms with Gasteiger partial charge in [-0.05, 0) is 68.1 Å². The van der Waals surface area contributed by atoms with Crippen LogP contribution in [0.2, 0.25) is 0 Å². The lowest BCUT2D eigenvalue weighted by molar-refractivity contribution is -0.138. The summed E-state index contributed by atoms with van der Waals surface area (Å²) >= 11 is 0. The Kier molecular flexibility index (Phi) is 6.24. The van der Waals surface area contributed by atoms with Crippen LogP contribution in [-0.2, 0) is 11.2 Å². The molecule has 0 fully saturated rings. The summed E-state index contributed by atoms with van der Waals surface area (Å²) in [5.74, 6) is 0.102. The molecule has 0 heterocycles. The fourth-order valence-corrected chi connectivity index (χ4v) is 2.79. The van der Waals surface area contributed by atoms with E-state index in [1.165, 1.54) is 0 Å². The summed E-state index contributed by atoms with van der Waals surface area (Å²) in [6, 6.07) is 13.2. The SMILES string of the molecule is CCOc1cccc(CC(C(=O)O)c2ccc(OCC)cc2C)c1. The first kappa shape index (κ1) is 17.9. The molecular weight excluding hydrogens is 304 g/mol. The van der Waals surface area contributed by atoms with Crippen LogP contribution < -0.4 is 9.47 Å². The van der Waals surface area contributed by atoms with Gasteiger partial charge in [-0.15, -0.1) is 0 Å². The molecule has 0 amide bonds. The van der Waals surface area contributed by atoms with E-state index in [0.717, 1.165) is 28.2 Å². The summed E-state index contributed by atoms with van der Waals surface area (Å²) in [6.45, 7) is 6.95. The van der Waals surface area contributed by atoms with E-state index in [-0.39, 0.29) is 0 Å². The monoisotopic (exact) mass is 328 g/mol. The van der Waals surface area contributed by atoms with E-state index in [1.807, 2.05) is 63.2 Å². The largest absolute Gasteiger partial charge is 0.494 e. The molecule has 0 saturated carbocycles. The van der Waals surface area contributed by atoms with Crippen molar-refractivity contribution in [1.29, 1.82) is 0 Å². The van der Waals surface area contributed by atoms with Gasteiger partial charge in [0.1, 0.15) is 11.5 Å². The van der Waals surface area contributed by atoms with Gasteiger partial charge in [0, 0.05) is 0 Å². The van der Waals surface area contributed by atoms with Gasteiger partial charge in [-0.1, -0.05) is 18.2 Å². The van der Waals surface area contributed by atoms with Gasteiger partial charge in [-0.2, -0.15) is 0 Å². The van der Waals surface area contributed by atoms with Gasteiger partial charge >= 0.3 is 5.97 Å². The van der Waals surface area contributed by atoms with Crippen molar-refractivity contribution in [3.63, 3.8) is 0 Å². The molecule has 128 valence electrons. The lowest BCUT2D eigenvalue weighted by Gasteiger charge is -2.17. The van der Waals surface area contributed by atoms with Crippen LogP contribution in [0.4, 0.5) is 0 Å². The third-order valence-electron chi connectivity index (χ3n) is 3.88. The molecule has 0 saturated heterocycles. The number of carboxylic acid groups (broad SMARTS) is 1. The quantitative estimate of drug-likeness (QED) is 0.789. The summed E-state index contributed by atoms with van der Waals surface area (Å²) in [5, 5.41) is 9.70. The van der Waals surface area contributed by atoms with Crippen LogP contribution in [0.5, 0.6) is 11.5 Å². The first-order chi connectivity index (χ1) is 11.5. The summed E-state index contributed by atoms with van der Waals surface area (Å²) in [6.07, 6.45) is 0.422. The third-order valence-corrected chi connectivity index (χ3v) is 3.88. The van der Waals surface area contributed by atoms with E-state index >= 15 is 0 Å². The summed E-state index contributed by atoms with van der Waals surface area (Å²) in [4.78, 5) is 11.8. The van der Waals surface area contributed by atoms with Gasteiger partial charge in [0.25, 0.3) is 0 Å². The Balaban J connectivity index is 2.27. The molecule has 0 bridgehead atoms. The van der Waals surface area contributed by atoms with Crippen molar-refractivity contribution in [3.05, 3.63) is 59.2 Å². The third kappa shape index (κ3) is 4.51. The van der Waals surface area contributed by atoms with Crippen LogP contribution in [0.3, 0.4) is 0 Å². The molecule has 0 aromatic heterocycles. The van der Waals surface area contributed by atoms with Crippen molar-refractivity contribution in [3.8, 4) is 11.5 Å². The van der Waals surface area contributed by atoms with E-state index in [0.29, 0.717) is 19.6 Å². The zero-order chi connectivity index (χ0) is 17.5. The van der Waals surface area contributed by atoms with E-state index in [4.69, 9.17) is 9.47 Å². The van der Waals surface area contributed by atoms with Crippen LogP contribution in [0.15, 0.2) is 42.5 Å². The molecule has 4 nitrogen and oxygen atoms in total. The van der Waals surface area contributed by atoms with E-state index < -0.39 is 11.9 Å². The van der Waals surface area contributed by atoms with Gasteiger partial charge < -0.3 is 14.6 Å². The number of ether oxygens (including phenoxy) is 2. The van der Waals surface area contributed by atoms with Crippen LogP contribution in [0.1, 0.15) is 36.5 Å². The fraction of sp³-hybridized carbons (Fsp3) is 0.350. The standard InChI is InChI=1S/C20H24O4/c1-4-23-16-8-6-7-15(12-16)13-19(20(21)22)18-10-9-17(24-5-2)11-14(18)3/h6-12,19H,4-5,13H2,1-3H3,(H,21,22). The molecule has 2 rings (SSSR count). The predicted molar refractivity (Wildman–Crippen MR) is 94.0 cm³/mol. The van der Waals surface area contributed by atoms with Crippen molar-refractivity contribution < 1.29 is 19.4 Å².